The molecule has 0 saturated carbocycles. The molecule has 0 radical (unpaired) electrons. The third kappa shape index (κ3) is 3.98. The van der Waals surface area contributed by atoms with Crippen LogP contribution in [0.1, 0.15) is 26.7 Å². The van der Waals surface area contributed by atoms with E-state index in [2.05, 4.69) is 12.2 Å². The van der Waals surface area contributed by atoms with Crippen LogP contribution in [0.3, 0.4) is 0 Å². The fourth-order valence-electron chi connectivity index (χ4n) is 1.83. The number of hydrogen-bond donors (Lipinski definition) is 2. The maximum Gasteiger partial charge on any atom is 0.317 e. The van der Waals surface area contributed by atoms with E-state index in [0.717, 1.165) is 19.4 Å². The quantitative estimate of drug-likeness (QED) is 0.692. The molecule has 1 rings (SSSR count). The number of rotatable bonds is 4. The molecule has 2 amide bonds. The maximum absolute atomic E-state index is 11.8. The first kappa shape index (κ1) is 13.3. The number of unbranched alkanes of at least 4 members (excludes halogenated alkanes) is 1. The summed E-state index contributed by atoms with van der Waals surface area (Å²) >= 11 is 0. The van der Waals surface area contributed by atoms with Gasteiger partial charge in [-0.15, -0.1) is 0 Å². The van der Waals surface area contributed by atoms with E-state index in [1.807, 2.05) is 6.92 Å². The van der Waals surface area contributed by atoms with Crippen LogP contribution in [0.15, 0.2) is 0 Å². The Hall–Kier alpha value is -0.810. The molecule has 0 spiro atoms. The van der Waals surface area contributed by atoms with Gasteiger partial charge >= 0.3 is 6.03 Å². The molecule has 1 saturated heterocycles. The van der Waals surface area contributed by atoms with Crippen LogP contribution < -0.4 is 11.1 Å². The van der Waals surface area contributed by atoms with Crippen molar-refractivity contribution in [1.82, 2.24) is 10.2 Å². The van der Waals surface area contributed by atoms with Gasteiger partial charge in [-0.2, -0.15) is 0 Å². The van der Waals surface area contributed by atoms with Gasteiger partial charge in [0.25, 0.3) is 0 Å². The summed E-state index contributed by atoms with van der Waals surface area (Å²) in [5, 5.41) is 2.91. The summed E-state index contributed by atoms with van der Waals surface area (Å²) in [6, 6.07) is 0.00190. The number of nitrogens with one attached hydrogen (secondary N) is 1. The van der Waals surface area contributed by atoms with Crippen LogP contribution in [0.4, 0.5) is 4.79 Å². The van der Waals surface area contributed by atoms with Crippen molar-refractivity contribution in [3.63, 3.8) is 0 Å². The molecule has 0 aromatic carbocycles. The molecule has 1 heterocycles. The lowest BCUT2D eigenvalue weighted by Gasteiger charge is -2.36. The number of carbonyl (C=O) groups is 1. The number of carbonyl (C=O) groups excluding carboxylic acids is 1. The predicted molar refractivity (Wildman–Crippen MR) is 63.3 cm³/mol. The van der Waals surface area contributed by atoms with Gasteiger partial charge in [-0.25, -0.2) is 4.79 Å². The van der Waals surface area contributed by atoms with Crippen LogP contribution in [-0.4, -0.2) is 49.3 Å². The highest BCUT2D eigenvalue weighted by molar-refractivity contribution is 5.74. The van der Waals surface area contributed by atoms with E-state index in [9.17, 15) is 4.79 Å². The average molecular weight is 229 g/mol. The van der Waals surface area contributed by atoms with Crippen LogP contribution in [-0.2, 0) is 4.74 Å². The molecule has 1 aliphatic heterocycles. The van der Waals surface area contributed by atoms with Crippen molar-refractivity contribution < 1.29 is 9.53 Å². The molecule has 16 heavy (non-hydrogen) atoms. The van der Waals surface area contributed by atoms with Crippen molar-refractivity contribution in [3.8, 4) is 0 Å². The zero-order valence-electron chi connectivity index (χ0n) is 10.2. The molecule has 3 N–H and O–H groups in total. The SMILES string of the molecule is CCCCNC(=O)N1CC(C)OC(CN)C1. The molecule has 5 heteroatoms. The van der Waals surface area contributed by atoms with Crippen LogP contribution in [0, 0.1) is 0 Å². The monoisotopic (exact) mass is 229 g/mol. The Morgan fingerprint density at radius 1 is 1.56 bits per heavy atom. The minimum atomic E-state index is -0.0272. The molecule has 0 bridgehead atoms. The van der Waals surface area contributed by atoms with Crippen LogP contribution in [0.25, 0.3) is 0 Å². The molecule has 1 aliphatic rings. The summed E-state index contributed by atoms with van der Waals surface area (Å²) in [5.74, 6) is 0. The Kier molecular flexibility index (Phi) is 5.55. The standard InChI is InChI=1S/C11H23N3O2/c1-3-4-5-13-11(15)14-7-9(2)16-10(6-12)8-14/h9-10H,3-8,12H2,1-2H3,(H,13,15). The highest BCUT2D eigenvalue weighted by Crippen LogP contribution is 2.10. The van der Waals surface area contributed by atoms with Crippen molar-refractivity contribution in [2.45, 2.75) is 38.9 Å². The Labute approximate surface area is 97.3 Å². The van der Waals surface area contributed by atoms with Gasteiger partial charge in [0.15, 0.2) is 0 Å². The van der Waals surface area contributed by atoms with Crippen molar-refractivity contribution in [1.29, 1.82) is 0 Å². The second kappa shape index (κ2) is 6.70. The summed E-state index contributed by atoms with van der Waals surface area (Å²) in [5.41, 5.74) is 5.57. The number of nitrogens with two attached hydrogens (primary N) is 1. The highest BCUT2D eigenvalue weighted by atomic mass is 16.5. The summed E-state index contributed by atoms with van der Waals surface area (Å²) in [4.78, 5) is 13.6. The lowest BCUT2D eigenvalue weighted by molar-refractivity contribution is -0.0587. The van der Waals surface area contributed by atoms with Crippen molar-refractivity contribution in [3.05, 3.63) is 0 Å². The molecule has 0 aliphatic carbocycles. The molecular formula is C11H23N3O2. The second-order valence-corrected chi connectivity index (χ2v) is 4.29. The normalized spacial score (nSPS) is 25.6. The molecule has 2 atom stereocenters. The largest absolute Gasteiger partial charge is 0.370 e. The first-order chi connectivity index (χ1) is 7.67. The number of ether oxygens (including phenoxy) is 1. The van der Waals surface area contributed by atoms with E-state index in [-0.39, 0.29) is 18.2 Å². The molecule has 0 aromatic rings. The van der Waals surface area contributed by atoms with Gasteiger partial charge in [-0.05, 0) is 13.3 Å². The smallest absolute Gasteiger partial charge is 0.317 e. The minimum Gasteiger partial charge on any atom is -0.370 e. The first-order valence-electron chi connectivity index (χ1n) is 6.05. The van der Waals surface area contributed by atoms with E-state index >= 15 is 0 Å². The Balaban J connectivity index is 2.36. The van der Waals surface area contributed by atoms with Crippen LogP contribution >= 0.6 is 0 Å². The summed E-state index contributed by atoms with van der Waals surface area (Å²) in [6.07, 6.45) is 2.15. The number of morpholine rings is 1. The summed E-state index contributed by atoms with van der Waals surface area (Å²) in [7, 11) is 0. The Morgan fingerprint density at radius 3 is 2.94 bits per heavy atom. The van der Waals surface area contributed by atoms with Gasteiger partial charge in [-0.3, -0.25) is 0 Å². The average Bonchev–Trinajstić information content (AvgIpc) is 2.28. The van der Waals surface area contributed by atoms with E-state index < -0.39 is 0 Å². The maximum atomic E-state index is 11.8. The Morgan fingerprint density at radius 2 is 2.31 bits per heavy atom. The first-order valence-corrected chi connectivity index (χ1v) is 6.05. The van der Waals surface area contributed by atoms with Crippen LogP contribution in [0.2, 0.25) is 0 Å². The lowest BCUT2D eigenvalue weighted by Crippen LogP contribution is -2.54. The molecule has 2 unspecified atom stereocenters. The molecule has 94 valence electrons. The lowest BCUT2D eigenvalue weighted by atomic mass is 10.2. The van der Waals surface area contributed by atoms with Gasteiger partial charge in [0, 0.05) is 26.2 Å². The topological polar surface area (TPSA) is 67.6 Å². The third-order valence-corrected chi connectivity index (χ3v) is 2.68. The predicted octanol–water partition coefficient (Wildman–Crippen LogP) is 0.544. The molecule has 0 aromatic heterocycles. The molecular weight excluding hydrogens is 206 g/mol. The van der Waals surface area contributed by atoms with E-state index in [0.29, 0.717) is 19.6 Å². The van der Waals surface area contributed by atoms with E-state index in [1.165, 1.54) is 0 Å². The number of nitrogens with zero attached hydrogens (tertiary/aromatic N) is 1. The fraction of sp³-hybridized carbons (Fsp3) is 0.909. The Bertz CT molecular complexity index is 223. The molecule has 5 nitrogen and oxygen atoms in total. The summed E-state index contributed by atoms with van der Waals surface area (Å²) < 4.78 is 5.59. The number of amides is 2. The van der Waals surface area contributed by atoms with Gasteiger partial charge in [0.05, 0.1) is 12.2 Å². The van der Waals surface area contributed by atoms with Gasteiger partial charge in [0.2, 0.25) is 0 Å². The minimum absolute atomic E-state index is 0.00190. The van der Waals surface area contributed by atoms with Crippen molar-refractivity contribution in [2.24, 2.45) is 5.73 Å². The fourth-order valence-corrected chi connectivity index (χ4v) is 1.83. The zero-order valence-corrected chi connectivity index (χ0v) is 10.2. The van der Waals surface area contributed by atoms with E-state index in [1.54, 1.807) is 4.90 Å². The second-order valence-electron chi connectivity index (χ2n) is 4.29. The van der Waals surface area contributed by atoms with Crippen molar-refractivity contribution >= 4 is 6.03 Å². The van der Waals surface area contributed by atoms with Gasteiger partial charge in [0.1, 0.15) is 0 Å². The summed E-state index contributed by atoms with van der Waals surface area (Å²) in [6.45, 7) is 6.52. The zero-order chi connectivity index (χ0) is 12.0. The number of hydrogen-bond acceptors (Lipinski definition) is 3. The van der Waals surface area contributed by atoms with E-state index in [4.69, 9.17) is 10.5 Å². The third-order valence-electron chi connectivity index (χ3n) is 2.68. The highest BCUT2D eigenvalue weighted by Gasteiger charge is 2.27. The van der Waals surface area contributed by atoms with Crippen LogP contribution in [0.5, 0.6) is 0 Å². The van der Waals surface area contributed by atoms with Gasteiger partial charge < -0.3 is 20.7 Å². The van der Waals surface area contributed by atoms with Crippen molar-refractivity contribution in [2.75, 3.05) is 26.2 Å². The van der Waals surface area contributed by atoms with Gasteiger partial charge in [-0.1, -0.05) is 13.3 Å². The number of urea groups is 1. The molecule has 1 fully saturated rings.